The van der Waals surface area contributed by atoms with E-state index in [2.05, 4.69) is 26.1 Å². The van der Waals surface area contributed by atoms with Crippen LogP contribution in [0.3, 0.4) is 0 Å². The Balaban J connectivity index is 2.56. The maximum absolute atomic E-state index is 13.3. The molecule has 0 heterocycles. The molecule has 1 unspecified atom stereocenters. The summed E-state index contributed by atoms with van der Waals surface area (Å²) in [6.07, 6.45) is 0.859. The number of hydrogen-bond acceptors (Lipinski definition) is 2. The van der Waals surface area contributed by atoms with Gasteiger partial charge in [-0.3, -0.25) is 4.79 Å². The molecule has 0 bridgehead atoms. The van der Waals surface area contributed by atoms with Gasteiger partial charge >= 0.3 is 0 Å². The number of amides is 1. The maximum Gasteiger partial charge on any atom is 0.251 e. The summed E-state index contributed by atoms with van der Waals surface area (Å²) >= 11 is 3.06. The van der Waals surface area contributed by atoms with Gasteiger partial charge in [-0.1, -0.05) is 0 Å². The summed E-state index contributed by atoms with van der Waals surface area (Å²) < 4.78 is 13.7. The number of halogens is 2. The van der Waals surface area contributed by atoms with Crippen molar-refractivity contribution in [2.45, 2.75) is 19.4 Å². The molecule has 3 nitrogen and oxygen atoms in total. The van der Waals surface area contributed by atoms with Gasteiger partial charge in [0.2, 0.25) is 0 Å². The van der Waals surface area contributed by atoms with E-state index in [1.807, 2.05) is 21.0 Å². The topological polar surface area (TPSA) is 32.3 Å². The Hall–Kier alpha value is -0.940. The first-order valence-electron chi connectivity index (χ1n) is 5.81. The Morgan fingerprint density at radius 1 is 1.50 bits per heavy atom. The largest absolute Gasteiger partial charge is 0.350 e. The molecule has 0 aliphatic heterocycles. The molecule has 5 heteroatoms. The minimum Gasteiger partial charge on any atom is -0.350 e. The minimum atomic E-state index is -0.427. The molecular weight excluding hydrogens is 299 g/mol. The molecule has 0 spiro atoms. The SMILES string of the molecule is CC(CCN(C)C)NC(=O)c1ccc(Br)c(F)c1. The summed E-state index contributed by atoms with van der Waals surface area (Å²) in [4.78, 5) is 13.9. The van der Waals surface area contributed by atoms with Crippen LogP contribution in [0.15, 0.2) is 22.7 Å². The van der Waals surface area contributed by atoms with Crippen LogP contribution in [0.2, 0.25) is 0 Å². The van der Waals surface area contributed by atoms with Crippen molar-refractivity contribution in [1.82, 2.24) is 10.2 Å². The summed E-state index contributed by atoms with van der Waals surface area (Å²) in [5.41, 5.74) is 0.340. The summed E-state index contributed by atoms with van der Waals surface area (Å²) in [6.45, 7) is 2.84. The van der Waals surface area contributed by atoms with E-state index >= 15 is 0 Å². The number of nitrogens with zero attached hydrogens (tertiary/aromatic N) is 1. The summed E-state index contributed by atoms with van der Waals surface area (Å²) in [6, 6.07) is 4.43. The minimum absolute atomic E-state index is 0.0617. The van der Waals surface area contributed by atoms with E-state index in [0.717, 1.165) is 13.0 Å². The van der Waals surface area contributed by atoms with Gasteiger partial charge in [-0.2, -0.15) is 0 Å². The van der Waals surface area contributed by atoms with Crippen LogP contribution in [0, 0.1) is 5.82 Å². The second kappa shape index (κ2) is 6.85. The molecule has 0 aliphatic carbocycles. The lowest BCUT2D eigenvalue weighted by atomic mass is 10.1. The molecule has 1 aromatic rings. The molecule has 0 saturated carbocycles. The van der Waals surface area contributed by atoms with E-state index in [1.54, 1.807) is 6.07 Å². The van der Waals surface area contributed by atoms with E-state index in [4.69, 9.17) is 0 Å². The van der Waals surface area contributed by atoms with Crippen LogP contribution >= 0.6 is 15.9 Å². The number of rotatable bonds is 5. The van der Waals surface area contributed by atoms with Crippen molar-refractivity contribution >= 4 is 21.8 Å². The zero-order valence-electron chi connectivity index (χ0n) is 10.8. The van der Waals surface area contributed by atoms with Crippen LogP contribution < -0.4 is 5.32 Å². The highest BCUT2D eigenvalue weighted by molar-refractivity contribution is 9.10. The fourth-order valence-corrected chi connectivity index (χ4v) is 1.72. The van der Waals surface area contributed by atoms with Crippen LogP contribution in [0.4, 0.5) is 4.39 Å². The Kier molecular flexibility index (Phi) is 5.75. The third kappa shape index (κ3) is 4.74. The molecule has 0 radical (unpaired) electrons. The quantitative estimate of drug-likeness (QED) is 0.905. The number of nitrogens with one attached hydrogen (secondary N) is 1. The van der Waals surface area contributed by atoms with Crippen LogP contribution in [0.5, 0.6) is 0 Å². The number of hydrogen-bond donors (Lipinski definition) is 1. The molecular formula is C13H18BrFN2O. The fourth-order valence-electron chi connectivity index (χ4n) is 1.47. The molecule has 1 rings (SSSR count). The first-order chi connectivity index (χ1) is 8.40. The second-order valence-corrected chi connectivity index (χ2v) is 5.45. The fraction of sp³-hybridized carbons (Fsp3) is 0.462. The van der Waals surface area contributed by atoms with Crippen molar-refractivity contribution in [2.24, 2.45) is 0 Å². The Labute approximate surface area is 115 Å². The van der Waals surface area contributed by atoms with Crippen LogP contribution in [0.1, 0.15) is 23.7 Å². The molecule has 1 N–H and O–H groups in total. The van der Waals surface area contributed by atoms with Crippen molar-refractivity contribution in [2.75, 3.05) is 20.6 Å². The molecule has 1 amide bonds. The molecule has 0 aromatic heterocycles. The lowest BCUT2D eigenvalue weighted by Gasteiger charge is -2.16. The Morgan fingerprint density at radius 3 is 2.72 bits per heavy atom. The predicted molar refractivity (Wildman–Crippen MR) is 74.2 cm³/mol. The van der Waals surface area contributed by atoms with Gasteiger partial charge in [-0.05, 0) is 68.1 Å². The normalized spacial score (nSPS) is 12.6. The highest BCUT2D eigenvalue weighted by atomic mass is 79.9. The molecule has 0 aliphatic rings. The van der Waals surface area contributed by atoms with Crippen molar-refractivity contribution in [1.29, 1.82) is 0 Å². The molecule has 1 atom stereocenters. The molecule has 0 fully saturated rings. The predicted octanol–water partition coefficient (Wildman–Crippen LogP) is 2.66. The maximum atomic E-state index is 13.3. The van der Waals surface area contributed by atoms with Crippen molar-refractivity contribution in [3.05, 3.63) is 34.1 Å². The van der Waals surface area contributed by atoms with Crippen LogP contribution in [-0.2, 0) is 0 Å². The van der Waals surface area contributed by atoms with Gasteiger partial charge in [0, 0.05) is 11.6 Å². The molecule has 100 valence electrons. The van der Waals surface area contributed by atoms with Gasteiger partial charge in [0.1, 0.15) is 5.82 Å². The van der Waals surface area contributed by atoms with E-state index in [0.29, 0.717) is 10.0 Å². The monoisotopic (exact) mass is 316 g/mol. The van der Waals surface area contributed by atoms with E-state index < -0.39 is 5.82 Å². The molecule has 0 saturated heterocycles. The highest BCUT2D eigenvalue weighted by Crippen LogP contribution is 2.16. The summed E-state index contributed by atoms with van der Waals surface area (Å²) in [7, 11) is 3.97. The van der Waals surface area contributed by atoms with Crippen molar-refractivity contribution in [3.8, 4) is 0 Å². The van der Waals surface area contributed by atoms with Crippen molar-refractivity contribution < 1.29 is 9.18 Å². The first kappa shape index (κ1) is 15.1. The average Bonchev–Trinajstić information content (AvgIpc) is 2.30. The molecule has 1 aromatic carbocycles. The van der Waals surface area contributed by atoms with Gasteiger partial charge < -0.3 is 10.2 Å². The lowest BCUT2D eigenvalue weighted by molar-refractivity contribution is 0.0936. The highest BCUT2D eigenvalue weighted by Gasteiger charge is 2.11. The standard InChI is InChI=1S/C13H18BrFN2O/c1-9(6-7-17(2)3)16-13(18)10-4-5-11(14)12(15)8-10/h4-5,8-9H,6-7H2,1-3H3,(H,16,18). The summed E-state index contributed by atoms with van der Waals surface area (Å²) in [5, 5.41) is 2.85. The van der Waals surface area contributed by atoms with Crippen LogP contribution in [-0.4, -0.2) is 37.5 Å². The van der Waals surface area contributed by atoms with E-state index in [-0.39, 0.29) is 11.9 Å². The van der Waals surface area contributed by atoms with E-state index in [9.17, 15) is 9.18 Å². The Bertz CT molecular complexity index is 423. The number of carbonyl (C=O) groups is 1. The zero-order valence-corrected chi connectivity index (χ0v) is 12.4. The Morgan fingerprint density at radius 2 is 2.17 bits per heavy atom. The summed E-state index contributed by atoms with van der Waals surface area (Å²) in [5.74, 6) is -0.670. The zero-order chi connectivity index (χ0) is 13.7. The van der Waals surface area contributed by atoms with Gasteiger partial charge in [0.25, 0.3) is 5.91 Å². The molecule has 18 heavy (non-hydrogen) atoms. The van der Waals surface area contributed by atoms with Gasteiger partial charge in [0.05, 0.1) is 4.47 Å². The number of benzene rings is 1. The lowest BCUT2D eigenvalue weighted by Crippen LogP contribution is -2.34. The van der Waals surface area contributed by atoms with Gasteiger partial charge in [-0.25, -0.2) is 4.39 Å². The van der Waals surface area contributed by atoms with Crippen LogP contribution in [0.25, 0.3) is 0 Å². The van der Waals surface area contributed by atoms with Gasteiger partial charge in [0.15, 0.2) is 0 Å². The smallest absolute Gasteiger partial charge is 0.251 e. The van der Waals surface area contributed by atoms with Gasteiger partial charge in [-0.15, -0.1) is 0 Å². The first-order valence-corrected chi connectivity index (χ1v) is 6.60. The third-order valence-corrected chi connectivity index (χ3v) is 3.21. The average molecular weight is 317 g/mol. The third-order valence-electron chi connectivity index (χ3n) is 2.57. The number of carbonyl (C=O) groups excluding carboxylic acids is 1. The second-order valence-electron chi connectivity index (χ2n) is 4.60. The van der Waals surface area contributed by atoms with E-state index in [1.165, 1.54) is 12.1 Å². The van der Waals surface area contributed by atoms with Crippen molar-refractivity contribution in [3.63, 3.8) is 0 Å².